The van der Waals surface area contributed by atoms with Gasteiger partial charge in [-0.25, -0.2) is 0 Å². The number of aliphatic hydroxyl groups is 1. The number of rotatable bonds is 2. The van der Waals surface area contributed by atoms with E-state index in [1.807, 2.05) is 0 Å². The topological polar surface area (TPSA) is 44.3 Å². The van der Waals surface area contributed by atoms with Gasteiger partial charge in [-0.15, -0.1) is 0 Å². The first kappa shape index (κ1) is 12.0. The third kappa shape index (κ3) is 2.38. The van der Waals surface area contributed by atoms with Crippen LogP contribution >= 0.6 is 0 Å². The average Bonchev–Trinajstić information content (AvgIpc) is 2.47. The lowest BCUT2D eigenvalue weighted by molar-refractivity contribution is 0.0710. The minimum absolute atomic E-state index is 0.213. The lowest BCUT2D eigenvalue weighted by Crippen LogP contribution is -2.46. The van der Waals surface area contributed by atoms with E-state index in [2.05, 4.69) is 34.9 Å². The Morgan fingerprint density at radius 3 is 2.94 bits per heavy atom. The average molecular weight is 246 g/mol. The molecule has 3 heteroatoms. The van der Waals surface area contributed by atoms with Gasteiger partial charge in [0.1, 0.15) is 0 Å². The van der Waals surface area contributed by atoms with Crippen molar-refractivity contribution in [1.82, 2.24) is 5.32 Å². The van der Waals surface area contributed by atoms with Crippen LogP contribution in [0.5, 0.6) is 0 Å². The summed E-state index contributed by atoms with van der Waals surface area (Å²) < 4.78 is 0. The van der Waals surface area contributed by atoms with Crippen LogP contribution in [0.1, 0.15) is 24.8 Å². The molecule has 0 aromatic heterocycles. The van der Waals surface area contributed by atoms with E-state index in [0.29, 0.717) is 5.92 Å². The summed E-state index contributed by atoms with van der Waals surface area (Å²) in [7, 11) is 0. The molecule has 98 valence electrons. The summed E-state index contributed by atoms with van der Waals surface area (Å²) in [5, 5.41) is 17.4. The van der Waals surface area contributed by atoms with Crippen molar-refractivity contribution in [1.29, 1.82) is 0 Å². The highest BCUT2D eigenvalue weighted by molar-refractivity contribution is 5.53. The van der Waals surface area contributed by atoms with E-state index in [9.17, 15) is 5.11 Å². The van der Waals surface area contributed by atoms with Crippen molar-refractivity contribution < 1.29 is 5.11 Å². The number of anilines is 1. The third-order valence-corrected chi connectivity index (χ3v) is 4.31. The van der Waals surface area contributed by atoms with Crippen molar-refractivity contribution >= 4 is 5.69 Å². The number of aryl methyl sites for hydroxylation is 1. The number of fused-ring (bicyclic) bond motifs is 1. The number of benzene rings is 1. The van der Waals surface area contributed by atoms with Gasteiger partial charge in [0, 0.05) is 12.2 Å². The van der Waals surface area contributed by atoms with Crippen LogP contribution in [0.4, 0.5) is 5.69 Å². The molecule has 2 heterocycles. The highest BCUT2D eigenvalue weighted by atomic mass is 16.3. The van der Waals surface area contributed by atoms with Crippen molar-refractivity contribution in [3.63, 3.8) is 0 Å². The molecular formula is C15H22N2O. The van der Waals surface area contributed by atoms with E-state index in [-0.39, 0.29) is 12.1 Å². The Morgan fingerprint density at radius 1 is 1.22 bits per heavy atom. The highest BCUT2D eigenvalue weighted by Gasteiger charge is 2.30. The maximum atomic E-state index is 10.5. The second-order valence-corrected chi connectivity index (χ2v) is 5.54. The molecule has 1 fully saturated rings. The monoisotopic (exact) mass is 246 g/mol. The van der Waals surface area contributed by atoms with Crippen LogP contribution in [0.15, 0.2) is 24.3 Å². The van der Waals surface area contributed by atoms with E-state index >= 15 is 0 Å². The van der Waals surface area contributed by atoms with E-state index in [1.165, 1.54) is 17.7 Å². The Morgan fingerprint density at radius 2 is 2.11 bits per heavy atom. The van der Waals surface area contributed by atoms with Crippen LogP contribution in [0.2, 0.25) is 0 Å². The first-order chi connectivity index (χ1) is 8.84. The molecule has 3 unspecified atom stereocenters. The van der Waals surface area contributed by atoms with E-state index in [1.54, 1.807) is 0 Å². The number of para-hydroxylation sites is 1. The molecule has 2 aliphatic heterocycles. The van der Waals surface area contributed by atoms with Gasteiger partial charge in [0.25, 0.3) is 0 Å². The van der Waals surface area contributed by atoms with Crippen LogP contribution < -0.4 is 10.6 Å². The van der Waals surface area contributed by atoms with Crippen molar-refractivity contribution in [2.24, 2.45) is 5.92 Å². The molecule has 3 nitrogen and oxygen atoms in total. The summed E-state index contributed by atoms with van der Waals surface area (Å²) in [5.41, 5.74) is 2.58. The van der Waals surface area contributed by atoms with Crippen LogP contribution in [-0.2, 0) is 6.42 Å². The minimum atomic E-state index is -0.230. The standard InChI is InChI=1S/C15H22N2O/c18-15(12-5-3-9-16-10-12)14-8-7-11-4-1-2-6-13(11)17-14/h1-2,4,6,12,14-18H,3,5,7-10H2. The maximum absolute atomic E-state index is 10.5. The minimum Gasteiger partial charge on any atom is -0.391 e. The van der Waals surface area contributed by atoms with Gasteiger partial charge in [-0.1, -0.05) is 18.2 Å². The van der Waals surface area contributed by atoms with Crippen molar-refractivity contribution in [3.8, 4) is 0 Å². The van der Waals surface area contributed by atoms with Gasteiger partial charge in [0.15, 0.2) is 0 Å². The second kappa shape index (κ2) is 5.29. The first-order valence-electron chi connectivity index (χ1n) is 7.08. The van der Waals surface area contributed by atoms with Crippen LogP contribution in [0.25, 0.3) is 0 Å². The molecule has 1 aromatic rings. The molecule has 0 radical (unpaired) electrons. The molecule has 0 bridgehead atoms. The summed E-state index contributed by atoms with van der Waals surface area (Å²) in [6.45, 7) is 2.06. The van der Waals surface area contributed by atoms with Crippen LogP contribution in [0.3, 0.4) is 0 Å². The Bertz CT molecular complexity index is 401. The molecular weight excluding hydrogens is 224 g/mol. The van der Waals surface area contributed by atoms with Gasteiger partial charge in [-0.2, -0.15) is 0 Å². The van der Waals surface area contributed by atoms with E-state index < -0.39 is 0 Å². The quantitative estimate of drug-likeness (QED) is 0.745. The zero-order valence-corrected chi connectivity index (χ0v) is 10.7. The predicted molar refractivity (Wildman–Crippen MR) is 73.8 cm³/mol. The highest BCUT2D eigenvalue weighted by Crippen LogP contribution is 2.28. The fraction of sp³-hybridized carbons (Fsp3) is 0.600. The number of aliphatic hydroxyl groups excluding tert-OH is 1. The zero-order valence-electron chi connectivity index (χ0n) is 10.7. The van der Waals surface area contributed by atoms with E-state index in [0.717, 1.165) is 32.4 Å². The Kier molecular flexibility index (Phi) is 3.52. The maximum Gasteiger partial charge on any atom is 0.0781 e. The largest absolute Gasteiger partial charge is 0.391 e. The molecule has 2 aliphatic rings. The lowest BCUT2D eigenvalue weighted by Gasteiger charge is -2.36. The molecule has 0 saturated carbocycles. The number of hydrogen-bond acceptors (Lipinski definition) is 3. The summed E-state index contributed by atoms with van der Waals surface area (Å²) in [5.74, 6) is 0.404. The summed E-state index contributed by atoms with van der Waals surface area (Å²) in [4.78, 5) is 0. The Labute approximate surface area is 109 Å². The van der Waals surface area contributed by atoms with Crippen molar-refractivity contribution in [3.05, 3.63) is 29.8 Å². The molecule has 3 N–H and O–H groups in total. The Hall–Kier alpha value is -1.06. The molecule has 3 rings (SSSR count). The van der Waals surface area contributed by atoms with Gasteiger partial charge in [0.05, 0.1) is 12.1 Å². The Balaban J connectivity index is 1.67. The van der Waals surface area contributed by atoms with Gasteiger partial charge in [-0.3, -0.25) is 0 Å². The summed E-state index contributed by atoms with van der Waals surface area (Å²) >= 11 is 0. The molecule has 0 spiro atoms. The number of piperidine rings is 1. The van der Waals surface area contributed by atoms with Crippen LogP contribution in [-0.4, -0.2) is 30.3 Å². The molecule has 3 atom stereocenters. The molecule has 0 amide bonds. The predicted octanol–water partition coefficient (Wildman–Crippen LogP) is 1.77. The normalized spacial score (nSPS) is 29.2. The number of hydrogen-bond donors (Lipinski definition) is 3. The first-order valence-corrected chi connectivity index (χ1v) is 7.08. The van der Waals surface area contributed by atoms with Gasteiger partial charge in [-0.05, 0) is 49.8 Å². The molecule has 0 aliphatic carbocycles. The summed E-state index contributed by atoms with van der Waals surface area (Å²) in [6.07, 6.45) is 4.21. The SMILES string of the molecule is OC(C1CCCNC1)C1CCc2ccccc2N1. The van der Waals surface area contributed by atoms with Crippen molar-refractivity contribution in [2.45, 2.75) is 37.8 Å². The third-order valence-electron chi connectivity index (χ3n) is 4.31. The zero-order chi connectivity index (χ0) is 12.4. The molecule has 18 heavy (non-hydrogen) atoms. The fourth-order valence-electron chi connectivity index (χ4n) is 3.22. The van der Waals surface area contributed by atoms with Crippen LogP contribution in [0, 0.1) is 5.92 Å². The summed E-state index contributed by atoms with van der Waals surface area (Å²) in [6, 6.07) is 8.65. The molecule has 1 saturated heterocycles. The second-order valence-electron chi connectivity index (χ2n) is 5.54. The van der Waals surface area contributed by atoms with Gasteiger partial charge in [0.2, 0.25) is 0 Å². The lowest BCUT2D eigenvalue weighted by atomic mass is 9.85. The molecule has 1 aromatic carbocycles. The van der Waals surface area contributed by atoms with Gasteiger partial charge < -0.3 is 15.7 Å². The van der Waals surface area contributed by atoms with Gasteiger partial charge >= 0.3 is 0 Å². The van der Waals surface area contributed by atoms with E-state index in [4.69, 9.17) is 0 Å². The smallest absolute Gasteiger partial charge is 0.0781 e. The van der Waals surface area contributed by atoms with Crippen molar-refractivity contribution in [2.75, 3.05) is 18.4 Å². The fourth-order valence-corrected chi connectivity index (χ4v) is 3.22. The number of nitrogens with one attached hydrogen (secondary N) is 2.